The highest BCUT2D eigenvalue weighted by atomic mass is 35.5. The number of sulfone groups is 1. The zero-order valence-corrected chi connectivity index (χ0v) is 19.6. The van der Waals surface area contributed by atoms with E-state index in [-0.39, 0.29) is 27.3 Å². The lowest BCUT2D eigenvalue weighted by molar-refractivity contribution is -0.113. The molecular formula is C19H19ClN4O3S3. The molecule has 0 saturated heterocycles. The van der Waals surface area contributed by atoms with Gasteiger partial charge in [0.25, 0.3) is 0 Å². The summed E-state index contributed by atoms with van der Waals surface area (Å²) in [5.74, 6) is -0.246. The normalized spacial score (nSPS) is 11.3. The van der Waals surface area contributed by atoms with E-state index < -0.39 is 9.84 Å². The van der Waals surface area contributed by atoms with Gasteiger partial charge in [0.05, 0.1) is 21.4 Å². The number of aryl methyl sites for hydroxylation is 2. The molecule has 0 aliphatic carbocycles. The highest BCUT2D eigenvalue weighted by Crippen LogP contribution is 2.29. The molecule has 30 heavy (non-hydrogen) atoms. The quantitative estimate of drug-likeness (QED) is 0.471. The third-order valence-corrected chi connectivity index (χ3v) is 7.54. The molecule has 0 saturated carbocycles. The second-order valence-electron chi connectivity index (χ2n) is 6.55. The average molecular weight is 483 g/mol. The van der Waals surface area contributed by atoms with Gasteiger partial charge < -0.3 is 10.6 Å². The predicted octanol–water partition coefficient (Wildman–Crippen LogP) is 4.69. The van der Waals surface area contributed by atoms with Crippen LogP contribution in [0.3, 0.4) is 0 Å². The minimum Gasteiger partial charge on any atom is -0.330 e. The second-order valence-corrected chi connectivity index (χ2v) is 11.2. The lowest BCUT2D eigenvalue weighted by atomic mass is 10.1. The summed E-state index contributed by atoms with van der Waals surface area (Å²) >= 11 is 8.63. The van der Waals surface area contributed by atoms with Crippen molar-refractivity contribution in [3.63, 3.8) is 0 Å². The lowest BCUT2D eigenvalue weighted by Gasteiger charge is -2.08. The molecule has 1 aromatic heterocycles. The molecule has 11 heteroatoms. The molecule has 0 radical (unpaired) electrons. The van der Waals surface area contributed by atoms with Gasteiger partial charge in [-0.1, -0.05) is 40.8 Å². The maximum Gasteiger partial charge on any atom is 0.234 e. The largest absolute Gasteiger partial charge is 0.330 e. The van der Waals surface area contributed by atoms with Crippen LogP contribution < -0.4 is 10.6 Å². The average Bonchev–Trinajstić information content (AvgIpc) is 3.11. The third kappa shape index (κ3) is 5.94. The fraction of sp³-hybridized carbons (Fsp3) is 0.211. The summed E-state index contributed by atoms with van der Waals surface area (Å²) in [5.41, 5.74) is 3.56. The fourth-order valence-corrected chi connectivity index (χ4v) is 4.79. The van der Waals surface area contributed by atoms with Crippen LogP contribution in [-0.2, 0) is 14.6 Å². The number of benzene rings is 2. The standard InChI is InChI=1S/C19H19ClN4O3S3/c1-11-4-5-13(8-12(11)2)21-18-23-24-19(29-18)28-10-17(25)22-16-9-14(30(3,26)27)6-7-15(16)20/h4-9H,10H2,1-3H3,(H,21,23)(H,22,25). The van der Waals surface area contributed by atoms with Crippen molar-refractivity contribution in [3.05, 3.63) is 52.5 Å². The maximum absolute atomic E-state index is 12.3. The number of nitrogens with one attached hydrogen (secondary N) is 2. The van der Waals surface area contributed by atoms with Crippen molar-refractivity contribution in [2.45, 2.75) is 23.1 Å². The Labute approximate surface area is 188 Å². The highest BCUT2D eigenvalue weighted by Gasteiger charge is 2.14. The van der Waals surface area contributed by atoms with E-state index in [2.05, 4.69) is 27.8 Å². The SMILES string of the molecule is Cc1ccc(Nc2nnc(SCC(=O)Nc3cc(S(C)(=O)=O)ccc3Cl)s2)cc1C. The number of halogens is 1. The number of nitrogens with zero attached hydrogens (tertiary/aromatic N) is 2. The first-order chi connectivity index (χ1) is 14.1. The summed E-state index contributed by atoms with van der Waals surface area (Å²) < 4.78 is 24.0. The van der Waals surface area contributed by atoms with Gasteiger partial charge >= 0.3 is 0 Å². The molecule has 0 aliphatic heterocycles. The Hall–Kier alpha value is -2.14. The molecule has 2 aromatic carbocycles. The number of carbonyl (C=O) groups is 1. The summed E-state index contributed by atoms with van der Waals surface area (Å²) in [5, 5.41) is 14.9. The highest BCUT2D eigenvalue weighted by molar-refractivity contribution is 8.01. The topological polar surface area (TPSA) is 101 Å². The van der Waals surface area contributed by atoms with Crippen LogP contribution in [0, 0.1) is 13.8 Å². The second kappa shape index (κ2) is 9.34. The Kier molecular flexibility index (Phi) is 7.02. The van der Waals surface area contributed by atoms with E-state index in [0.717, 1.165) is 11.9 Å². The number of amides is 1. The molecule has 1 amide bonds. The molecule has 2 N–H and O–H groups in total. The van der Waals surface area contributed by atoms with Crippen molar-refractivity contribution in [3.8, 4) is 0 Å². The Morgan fingerprint density at radius 3 is 2.60 bits per heavy atom. The first-order valence-electron chi connectivity index (χ1n) is 8.72. The number of hydrogen-bond donors (Lipinski definition) is 2. The van der Waals surface area contributed by atoms with Gasteiger partial charge in [0.15, 0.2) is 14.2 Å². The molecule has 0 aliphatic rings. The van der Waals surface area contributed by atoms with Crippen LogP contribution in [-0.4, -0.2) is 36.5 Å². The molecule has 158 valence electrons. The smallest absolute Gasteiger partial charge is 0.234 e. The third-order valence-electron chi connectivity index (χ3n) is 4.13. The first-order valence-corrected chi connectivity index (χ1v) is 12.8. The van der Waals surface area contributed by atoms with Gasteiger partial charge in [-0.2, -0.15) is 0 Å². The summed E-state index contributed by atoms with van der Waals surface area (Å²) in [7, 11) is -3.40. The molecule has 7 nitrogen and oxygen atoms in total. The van der Waals surface area contributed by atoms with E-state index in [1.54, 1.807) is 0 Å². The van der Waals surface area contributed by atoms with E-state index in [1.807, 2.05) is 25.1 Å². The predicted molar refractivity (Wildman–Crippen MR) is 123 cm³/mol. The van der Waals surface area contributed by atoms with Crippen LogP contribution in [0.1, 0.15) is 11.1 Å². The van der Waals surface area contributed by atoms with Gasteiger partial charge in [-0.25, -0.2) is 8.42 Å². The zero-order valence-electron chi connectivity index (χ0n) is 16.4. The van der Waals surface area contributed by atoms with Crippen molar-refractivity contribution < 1.29 is 13.2 Å². The maximum atomic E-state index is 12.3. The number of hydrogen-bond acceptors (Lipinski definition) is 8. The Bertz CT molecular complexity index is 1200. The van der Waals surface area contributed by atoms with Crippen LogP contribution in [0.4, 0.5) is 16.5 Å². The van der Waals surface area contributed by atoms with Crippen LogP contribution in [0.2, 0.25) is 5.02 Å². The van der Waals surface area contributed by atoms with Crippen molar-refractivity contribution in [2.75, 3.05) is 22.6 Å². The minimum absolute atomic E-state index is 0.0811. The summed E-state index contributed by atoms with van der Waals surface area (Å²) in [6.45, 7) is 4.09. The van der Waals surface area contributed by atoms with Gasteiger partial charge in [0.1, 0.15) is 0 Å². The van der Waals surface area contributed by atoms with E-state index in [0.29, 0.717) is 9.47 Å². The van der Waals surface area contributed by atoms with Crippen LogP contribution in [0.25, 0.3) is 0 Å². The van der Waals surface area contributed by atoms with Crippen LogP contribution in [0.5, 0.6) is 0 Å². The molecular weight excluding hydrogens is 464 g/mol. The lowest BCUT2D eigenvalue weighted by Crippen LogP contribution is -2.14. The van der Waals surface area contributed by atoms with Gasteiger partial charge in [-0.15, -0.1) is 10.2 Å². The Morgan fingerprint density at radius 1 is 1.13 bits per heavy atom. The Morgan fingerprint density at radius 2 is 1.90 bits per heavy atom. The minimum atomic E-state index is -3.40. The van der Waals surface area contributed by atoms with Crippen molar-refractivity contribution >= 4 is 67.0 Å². The first kappa shape index (κ1) is 22.5. The molecule has 0 unspecified atom stereocenters. The summed E-state index contributed by atoms with van der Waals surface area (Å²) in [6.07, 6.45) is 1.09. The van der Waals surface area contributed by atoms with E-state index in [4.69, 9.17) is 11.6 Å². The molecule has 1 heterocycles. The van der Waals surface area contributed by atoms with E-state index in [1.165, 1.54) is 52.4 Å². The molecule has 0 bridgehead atoms. The van der Waals surface area contributed by atoms with Crippen molar-refractivity contribution in [1.82, 2.24) is 10.2 Å². The van der Waals surface area contributed by atoms with Crippen molar-refractivity contribution in [1.29, 1.82) is 0 Å². The van der Waals surface area contributed by atoms with Gasteiger partial charge in [-0.05, 0) is 55.3 Å². The number of carbonyl (C=O) groups excluding carboxylic acids is 1. The van der Waals surface area contributed by atoms with Gasteiger partial charge in [0, 0.05) is 11.9 Å². The van der Waals surface area contributed by atoms with E-state index in [9.17, 15) is 13.2 Å². The van der Waals surface area contributed by atoms with Crippen LogP contribution >= 0.6 is 34.7 Å². The molecule has 3 aromatic rings. The zero-order chi connectivity index (χ0) is 21.9. The number of anilines is 3. The Balaban J connectivity index is 1.59. The molecule has 3 rings (SSSR count). The number of rotatable bonds is 7. The molecule has 0 fully saturated rings. The van der Waals surface area contributed by atoms with E-state index >= 15 is 0 Å². The number of thioether (sulfide) groups is 1. The molecule has 0 spiro atoms. The fourth-order valence-electron chi connectivity index (χ4n) is 2.41. The monoisotopic (exact) mass is 482 g/mol. The molecule has 0 atom stereocenters. The van der Waals surface area contributed by atoms with Gasteiger partial charge in [-0.3, -0.25) is 4.79 Å². The number of aromatic nitrogens is 2. The van der Waals surface area contributed by atoms with Gasteiger partial charge in [0.2, 0.25) is 11.0 Å². The van der Waals surface area contributed by atoms with Crippen LogP contribution in [0.15, 0.2) is 45.6 Å². The summed E-state index contributed by atoms with van der Waals surface area (Å²) in [6, 6.07) is 10.2. The summed E-state index contributed by atoms with van der Waals surface area (Å²) in [4.78, 5) is 12.4. The van der Waals surface area contributed by atoms with Crippen molar-refractivity contribution in [2.24, 2.45) is 0 Å².